The number of rotatable bonds is 3. The van der Waals surface area contributed by atoms with E-state index >= 15 is 0 Å². The first-order chi connectivity index (χ1) is 34.3. The molecule has 0 N–H and O–H groups in total. The molecule has 0 saturated heterocycles. The average Bonchev–Trinajstić information content (AvgIpc) is 4.19. The van der Waals surface area contributed by atoms with Gasteiger partial charge in [0.25, 0.3) is 0 Å². The highest BCUT2D eigenvalue weighted by Gasteiger charge is 2.36. The third kappa shape index (κ3) is 27.5. The zero-order valence-corrected chi connectivity index (χ0v) is 56.4. The predicted octanol–water partition coefficient (Wildman–Crippen LogP) is 24.9. The molecule has 8 saturated carbocycles. The van der Waals surface area contributed by atoms with Crippen molar-refractivity contribution in [2.75, 3.05) is 0 Å². The van der Waals surface area contributed by atoms with Crippen molar-refractivity contribution in [2.24, 2.45) is 111 Å². The van der Waals surface area contributed by atoms with Crippen LogP contribution in [0.2, 0.25) is 25.2 Å². The fourth-order valence-electron chi connectivity index (χ4n) is 14.9. The molecule has 9 rings (SSSR count). The highest BCUT2D eigenvalue weighted by Crippen LogP contribution is 2.46. The van der Waals surface area contributed by atoms with E-state index in [1.807, 2.05) is 0 Å². The van der Waals surface area contributed by atoms with Gasteiger partial charge in [-0.05, 0) is 193 Å². The van der Waals surface area contributed by atoms with E-state index in [2.05, 4.69) is 195 Å². The topological polar surface area (TPSA) is 0 Å². The second-order valence-electron chi connectivity index (χ2n) is 32.7. The zero-order valence-electron chi connectivity index (χ0n) is 55.4. The van der Waals surface area contributed by atoms with Crippen LogP contribution in [0.3, 0.4) is 0 Å². The van der Waals surface area contributed by atoms with Crippen LogP contribution < -0.4 is 0 Å². The minimum atomic E-state index is -0.766. The van der Waals surface area contributed by atoms with Crippen molar-refractivity contribution in [1.82, 2.24) is 0 Å². The number of hydrogen-bond acceptors (Lipinski definition) is 0. The second-order valence-corrected chi connectivity index (χ2v) is 38.3. The van der Waals surface area contributed by atoms with E-state index in [0.717, 1.165) is 112 Å². The van der Waals surface area contributed by atoms with Crippen LogP contribution in [0.4, 0.5) is 0 Å². The summed E-state index contributed by atoms with van der Waals surface area (Å²) in [6, 6.07) is 10.9. The van der Waals surface area contributed by atoms with Gasteiger partial charge in [-0.3, -0.25) is 0 Å². The monoisotopic (exact) mass is 1050 g/mol. The molecule has 0 radical (unpaired) electrons. The van der Waals surface area contributed by atoms with Crippen LogP contribution in [-0.2, 0) is 0 Å². The van der Waals surface area contributed by atoms with E-state index in [-0.39, 0.29) is 0 Å². The van der Waals surface area contributed by atoms with Crippen LogP contribution in [0, 0.1) is 111 Å². The molecule has 1 aromatic rings. The van der Waals surface area contributed by atoms with Gasteiger partial charge in [-0.25, -0.2) is 0 Å². The SMILES string of the molecule is CC1CC(C(C)(C)C)CC1C.CC1CC(C)C(C)C1C.CC1CCC(C(C)(C)C)C1.CC1CCC(C(C)C)C1.CC1CCC(C)C1.CC1CCC([Si](C)(C)C)C1.CC1CCC(c2ccccc2)C1.CC1CCCC1. The maximum atomic E-state index is 2.51. The lowest BCUT2D eigenvalue weighted by atomic mass is 9.79. The number of hydrogen-bond donors (Lipinski definition) is 0. The van der Waals surface area contributed by atoms with Crippen LogP contribution in [0.5, 0.6) is 0 Å². The lowest BCUT2D eigenvalue weighted by Gasteiger charge is -2.26. The summed E-state index contributed by atoms with van der Waals surface area (Å²) in [6.45, 7) is 57.4. The molecule has 8 aliphatic carbocycles. The van der Waals surface area contributed by atoms with Gasteiger partial charge in [-0.15, -0.1) is 0 Å². The molecule has 0 aliphatic heterocycles. The summed E-state index contributed by atoms with van der Waals surface area (Å²) in [7, 11) is -0.766. The second kappa shape index (κ2) is 33.9. The maximum Gasteiger partial charge on any atom is 0.0473 e. The van der Waals surface area contributed by atoms with Gasteiger partial charge in [0.1, 0.15) is 0 Å². The van der Waals surface area contributed by atoms with Crippen molar-refractivity contribution in [2.45, 2.75) is 318 Å². The number of benzene rings is 1. The smallest absolute Gasteiger partial charge is 0.0473 e. The van der Waals surface area contributed by atoms with Crippen LogP contribution >= 0.6 is 0 Å². The Morgan fingerprint density at radius 3 is 1.04 bits per heavy atom. The predicted molar refractivity (Wildman–Crippen MR) is 341 cm³/mol. The molecular formula is C73H140Si. The van der Waals surface area contributed by atoms with Crippen LogP contribution in [0.1, 0.15) is 298 Å². The summed E-state index contributed by atoms with van der Waals surface area (Å²) in [6.07, 6.45) is 32.3. The summed E-state index contributed by atoms with van der Waals surface area (Å²) >= 11 is 0. The Labute approximate surface area is 470 Å². The highest BCUT2D eigenvalue weighted by atomic mass is 28.3. The lowest BCUT2D eigenvalue weighted by Crippen LogP contribution is -2.26. The van der Waals surface area contributed by atoms with Gasteiger partial charge in [0.15, 0.2) is 0 Å². The van der Waals surface area contributed by atoms with Crippen LogP contribution in [0.15, 0.2) is 30.3 Å². The van der Waals surface area contributed by atoms with Gasteiger partial charge in [-0.1, -0.05) is 272 Å². The molecule has 1 heteroatoms. The first-order valence-corrected chi connectivity index (χ1v) is 36.9. The molecular weight excluding hydrogens is 905 g/mol. The first kappa shape index (κ1) is 69.5. The van der Waals surface area contributed by atoms with Crippen LogP contribution in [-0.4, -0.2) is 8.07 Å². The molecule has 74 heavy (non-hydrogen) atoms. The molecule has 0 bridgehead atoms. The molecule has 8 aliphatic rings. The highest BCUT2D eigenvalue weighted by molar-refractivity contribution is 6.77. The van der Waals surface area contributed by atoms with Crippen molar-refractivity contribution in [3.05, 3.63) is 35.9 Å². The van der Waals surface area contributed by atoms with E-state index < -0.39 is 8.07 Å². The van der Waals surface area contributed by atoms with E-state index in [1.54, 1.807) is 5.56 Å². The summed E-state index contributed by atoms with van der Waals surface area (Å²) < 4.78 is 0. The maximum absolute atomic E-state index is 2.51. The van der Waals surface area contributed by atoms with Crippen LogP contribution in [0.25, 0.3) is 0 Å². The van der Waals surface area contributed by atoms with Crippen molar-refractivity contribution in [1.29, 1.82) is 0 Å². The standard InChI is InChI=1S/C12H16.C11H22.C10H20.C9H20Si.2C9H18.C7H14.C6H12/c1-10-7-8-12(9-10)11-5-3-2-4-6-11;1-8-6-10(7-9(8)2)11(3,4)5;2*1-8-5-6-9(7-8)10(2,3)4;1-6-5-7(2)9(4)8(6)3;1-7(2)9-5-4-8(3)6-9;1-6-3-4-7(2)5-6;1-6-4-2-3-5-6/h2-6,10,12H,7-9H2,1H3;8-10H,6-7H2,1-5H3;2*8-9H,5-7H2,1-4H3;6-9H,5H2,1-4H3;7-9H,4-6H2,1-3H3;6-7H,3-5H2,1-2H3;6H,2-5H2,1H3. The van der Waals surface area contributed by atoms with Crippen molar-refractivity contribution >= 4 is 8.07 Å². The largest absolute Gasteiger partial charge is 0.0693 e. The molecule has 16 unspecified atom stereocenters. The average molecular weight is 1050 g/mol. The molecule has 0 amide bonds. The Morgan fingerprint density at radius 1 is 0.378 bits per heavy atom. The van der Waals surface area contributed by atoms with E-state index in [9.17, 15) is 0 Å². The third-order valence-electron chi connectivity index (χ3n) is 22.0. The Balaban J connectivity index is 0.000000292. The van der Waals surface area contributed by atoms with Gasteiger partial charge < -0.3 is 0 Å². The fourth-order valence-corrected chi connectivity index (χ4v) is 17.1. The summed E-state index contributed by atoms with van der Waals surface area (Å²) in [5.74, 6) is 17.6. The molecule has 0 spiro atoms. The summed E-state index contributed by atoms with van der Waals surface area (Å²) in [4.78, 5) is 0. The molecule has 16 atom stereocenters. The lowest BCUT2D eigenvalue weighted by molar-refractivity contribution is 0.238. The normalized spacial score (nSPS) is 36.7. The van der Waals surface area contributed by atoms with E-state index in [0.29, 0.717) is 10.8 Å². The quantitative estimate of drug-likeness (QED) is 0.265. The van der Waals surface area contributed by atoms with Gasteiger partial charge >= 0.3 is 0 Å². The molecule has 0 aromatic heterocycles. The fraction of sp³-hybridized carbons (Fsp3) is 0.918. The third-order valence-corrected chi connectivity index (χ3v) is 24.9. The Morgan fingerprint density at radius 2 is 0.797 bits per heavy atom. The Bertz CT molecular complexity index is 1470. The van der Waals surface area contributed by atoms with Gasteiger partial charge in [0.2, 0.25) is 0 Å². The van der Waals surface area contributed by atoms with Crippen molar-refractivity contribution < 1.29 is 0 Å². The molecule has 1 aromatic carbocycles. The molecule has 436 valence electrons. The molecule has 0 heterocycles. The Kier molecular flexibility index (Phi) is 31.9. The van der Waals surface area contributed by atoms with Gasteiger partial charge in [0.05, 0.1) is 0 Å². The Hall–Kier alpha value is -0.563. The van der Waals surface area contributed by atoms with E-state index in [1.165, 1.54) is 141 Å². The minimum absolute atomic E-state index is 0.541. The summed E-state index contributed by atoms with van der Waals surface area (Å²) in [5.41, 5.74) is 3.77. The van der Waals surface area contributed by atoms with E-state index in [4.69, 9.17) is 0 Å². The minimum Gasteiger partial charge on any atom is -0.0693 e. The zero-order chi connectivity index (χ0) is 56.1. The first-order valence-electron chi connectivity index (χ1n) is 33.3. The van der Waals surface area contributed by atoms with Crippen molar-refractivity contribution in [3.8, 4) is 0 Å². The molecule has 0 nitrogen and oxygen atoms in total. The summed E-state index contributed by atoms with van der Waals surface area (Å²) in [5, 5.41) is 0. The molecule has 8 fully saturated rings. The van der Waals surface area contributed by atoms with Gasteiger partial charge in [0, 0.05) is 8.07 Å². The van der Waals surface area contributed by atoms with Gasteiger partial charge in [-0.2, -0.15) is 0 Å². The van der Waals surface area contributed by atoms with Crippen molar-refractivity contribution in [3.63, 3.8) is 0 Å².